The number of anilines is 1. The maximum absolute atomic E-state index is 13.5. The van der Waals surface area contributed by atoms with Crippen molar-refractivity contribution in [3.8, 4) is 11.5 Å². The van der Waals surface area contributed by atoms with Crippen molar-refractivity contribution >= 4 is 32.6 Å². The quantitative estimate of drug-likeness (QED) is 0.531. The number of rotatable bonds is 8. The molecule has 1 aliphatic heterocycles. The Hall–Kier alpha value is -2.68. The van der Waals surface area contributed by atoms with Crippen molar-refractivity contribution in [3.05, 3.63) is 48.0 Å². The molecule has 8 heteroatoms. The molecule has 1 amide bonds. The summed E-state index contributed by atoms with van der Waals surface area (Å²) in [6, 6.07) is 13.1. The van der Waals surface area contributed by atoms with E-state index in [2.05, 4.69) is 4.90 Å². The van der Waals surface area contributed by atoms with E-state index >= 15 is 0 Å². The van der Waals surface area contributed by atoms with Gasteiger partial charge in [0.1, 0.15) is 11.5 Å². The molecule has 0 atom stereocenters. The number of aromatic nitrogens is 1. The Morgan fingerprint density at radius 1 is 1.13 bits per heavy atom. The maximum Gasteiger partial charge on any atom is 0.260 e. The van der Waals surface area contributed by atoms with Gasteiger partial charge in [-0.3, -0.25) is 14.6 Å². The Morgan fingerprint density at radius 2 is 1.90 bits per heavy atom. The first-order valence-corrected chi connectivity index (χ1v) is 11.2. The van der Waals surface area contributed by atoms with Gasteiger partial charge in [-0.05, 0) is 36.8 Å². The summed E-state index contributed by atoms with van der Waals surface area (Å²) in [5.74, 6) is 1.34. The van der Waals surface area contributed by atoms with Gasteiger partial charge in [0.05, 0.1) is 37.6 Å². The van der Waals surface area contributed by atoms with E-state index in [1.807, 2.05) is 36.4 Å². The molecule has 3 aromatic rings. The summed E-state index contributed by atoms with van der Waals surface area (Å²) < 4.78 is 17.1. The maximum atomic E-state index is 13.5. The van der Waals surface area contributed by atoms with Crippen LogP contribution in [0, 0.1) is 0 Å². The molecule has 1 aliphatic rings. The molecule has 7 nitrogen and oxygen atoms in total. The third-order valence-electron chi connectivity index (χ3n) is 5.34. The van der Waals surface area contributed by atoms with Crippen LogP contribution in [0.3, 0.4) is 0 Å². The van der Waals surface area contributed by atoms with Crippen LogP contribution in [-0.2, 0) is 4.74 Å². The van der Waals surface area contributed by atoms with Crippen LogP contribution in [-0.4, -0.2) is 69.4 Å². The Morgan fingerprint density at radius 3 is 2.68 bits per heavy atom. The highest BCUT2D eigenvalue weighted by Gasteiger charge is 2.22. The minimum atomic E-state index is -0.0769. The van der Waals surface area contributed by atoms with Crippen LogP contribution < -0.4 is 14.4 Å². The van der Waals surface area contributed by atoms with Gasteiger partial charge in [-0.2, -0.15) is 0 Å². The van der Waals surface area contributed by atoms with Crippen LogP contribution in [0.1, 0.15) is 16.8 Å². The normalized spacial score (nSPS) is 14.5. The number of morpholine rings is 1. The highest BCUT2D eigenvalue weighted by molar-refractivity contribution is 7.22. The van der Waals surface area contributed by atoms with Crippen molar-refractivity contribution in [2.45, 2.75) is 6.42 Å². The number of nitrogens with zero attached hydrogens (tertiary/aromatic N) is 3. The molecule has 0 N–H and O–H groups in total. The monoisotopic (exact) mass is 441 g/mol. The van der Waals surface area contributed by atoms with E-state index in [4.69, 9.17) is 19.2 Å². The lowest BCUT2D eigenvalue weighted by Crippen LogP contribution is -2.39. The number of hydrogen-bond donors (Lipinski definition) is 0. The zero-order valence-corrected chi connectivity index (χ0v) is 18.7. The van der Waals surface area contributed by atoms with Gasteiger partial charge in [0, 0.05) is 37.8 Å². The number of amides is 1. The third-order valence-corrected chi connectivity index (χ3v) is 6.40. The molecule has 2 heterocycles. The minimum absolute atomic E-state index is 0.0769. The molecule has 4 rings (SSSR count). The topological polar surface area (TPSA) is 64.1 Å². The lowest BCUT2D eigenvalue weighted by Gasteiger charge is -2.27. The Bertz CT molecular complexity index is 1030. The average molecular weight is 442 g/mol. The first-order chi connectivity index (χ1) is 15.2. The molecule has 1 fully saturated rings. The molecule has 164 valence electrons. The van der Waals surface area contributed by atoms with E-state index in [-0.39, 0.29) is 5.91 Å². The molecule has 0 aliphatic carbocycles. The van der Waals surface area contributed by atoms with E-state index in [1.165, 1.54) is 11.3 Å². The summed E-state index contributed by atoms with van der Waals surface area (Å²) in [5, 5.41) is 0.693. The highest BCUT2D eigenvalue weighted by atomic mass is 32.1. The summed E-state index contributed by atoms with van der Waals surface area (Å²) in [6.45, 7) is 4.92. The Balaban J connectivity index is 1.58. The molecule has 31 heavy (non-hydrogen) atoms. The molecular weight excluding hydrogens is 414 g/mol. The second kappa shape index (κ2) is 10.1. The first kappa shape index (κ1) is 21.5. The number of ether oxygens (including phenoxy) is 3. The molecule has 0 radical (unpaired) electrons. The Labute approximate surface area is 186 Å². The molecule has 0 spiro atoms. The van der Waals surface area contributed by atoms with Gasteiger partial charge in [-0.1, -0.05) is 17.4 Å². The molecule has 1 aromatic heterocycles. The van der Waals surface area contributed by atoms with Crippen molar-refractivity contribution in [2.75, 3.05) is 58.5 Å². The number of carbonyl (C=O) groups is 1. The summed E-state index contributed by atoms with van der Waals surface area (Å²) in [6.07, 6.45) is 0.856. The van der Waals surface area contributed by atoms with Gasteiger partial charge < -0.3 is 14.2 Å². The largest absolute Gasteiger partial charge is 0.497 e. The van der Waals surface area contributed by atoms with Crippen molar-refractivity contribution < 1.29 is 19.0 Å². The van der Waals surface area contributed by atoms with Crippen molar-refractivity contribution in [3.63, 3.8) is 0 Å². The van der Waals surface area contributed by atoms with Crippen LogP contribution >= 0.6 is 11.3 Å². The standard InChI is InChI=1S/C23H27N3O4S/c1-28-18-6-3-5-17(15-18)22(27)26(10-4-9-25-11-13-30-14-12-25)23-24-20-16-19(29-2)7-8-21(20)31-23/h3,5-8,15-16H,4,9-14H2,1-2H3. The zero-order chi connectivity index (χ0) is 21.6. The lowest BCUT2D eigenvalue weighted by molar-refractivity contribution is 0.0376. The van der Waals surface area contributed by atoms with Gasteiger partial charge >= 0.3 is 0 Å². The number of fused-ring (bicyclic) bond motifs is 1. The minimum Gasteiger partial charge on any atom is -0.497 e. The molecular formula is C23H27N3O4S. The number of methoxy groups -OCH3 is 2. The second-order valence-corrected chi connectivity index (χ2v) is 8.34. The van der Waals surface area contributed by atoms with E-state index < -0.39 is 0 Å². The van der Waals surface area contributed by atoms with Crippen LogP contribution in [0.4, 0.5) is 5.13 Å². The van der Waals surface area contributed by atoms with Gasteiger partial charge in [-0.25, -0.2) is 4.98 Å². The van der Waals surface area contributed by atoms with E-state index in [0.29, 0.717) is 23.0 Å². The van der Waals surface area contributed by atoms with Crippen LogP contribution in [0.5, 0.6) is 11.5 Å². The molecule has 0 saturated carbocycles. The second-order valence-electron chi connectivity index (χ2n) is 7.33. The summed E-state index contributed by atoms with van der Waals surface area (Å²) in [7, 11) is 3.24. The van der Waals surface area contributed by atoms with Gasteiger partial charge in [0.25, 0.3) is 5.91 Å². The van der Waals surface area contributed by atoms with E-state index in [0.717, 1.165) is 55.2 Å². The van der Waals surface area contributed by atoms with Gasteiger partial charge in [-0.15, -0.1) is 0 Å². The number of thiazole rings is 1. The summed E-state index contributed by atoms with van der Waals surface area (Å²) in [5.41, 5.74) is 1.42. The Kier molecular flexibility index (Phi) is 7.01. The predicted molar refractivity (Wildman–Crippen MR) is 123 cm³/mol. The van der Waals surface area contributed by atoms with Gasteiger partial charge in [0.15, 0.2) is 5.13 Å². The van der Waals surface area contributed by atoms with Crippen LogP contribution in [0.2, 0.25) is 0 Å². The first-order valence-electron chi connectivity index (χ1n) is 10.4. The predicted octanol–water partition coefficient (Wildman–Crippen LogP) is 3.68. The smallest absolute Gasteiger partial charge is 0.260 e. The molecule has 0 bridgehead atoms. The number of hydrogen-bond acceptors (Lipinski definition) is 7. The highest BCUT2D eigenvalue weighted by Crippen LogP contribution is 2.32. The van der Waals surface area contributed by atoms with Crippen LogP contribution in [0.15, 0.2) is 42.5 Å². The lowest BCUT2D eigenvalue weighted by atomic mass is 10.2. The fourth-order valence-corrected chi connectivity index (χ4v) is 4.58. The number of carbonyl (C=O) groups excluding carboxylic acids is 1. The van der Waals surface area contributed by atoms with E-state index in [1.54, 1.807) is 25.2 Å². The van der Waals surface area contributed by atoms with Crippen LogP contribution in [0.25, 0.3) is 10.2 Å². The molecule has 2 aromatic carbocycles. The summed E-state index contributed by atoms with van der Waals surface area (Å²) in [4.78, 5) is 22.4. The molecule has 1 saturated heterocycles. The fourth-order valence-electron chi connectivity index (χ4n) is 3.61. The fraction of sp³-hybridized carbons (Fsp3) is 0.391. The average Bonchev–Trinajstić information content (AvgIpc) is 3.25. The molecule has 0 unspecified atom stereocenters. The SMILES string of the molecule is COc1cccc(C(=O)N(CCCN2CCOCC2)c2nc3cc(OC)ccc3s2)c1. The van der Waals surface area contributed by atoms with E-state index in [9.17, 15) is 4.79 Å². The van der Waals surface area contributed by atoms with Crippen molar-refractivity contribution in [1.29, 1.82) is 0 Å². The van der Waals surface area contributed by atoms with Crippen molar-refractivity contribution in [2.24, 2.45) is 0 Å². The zero-order valence-electron chi connectivity index (χ0n) is 17.9. The summed E-state index contributed by atoms with van der Waals surface area (Å²) >= 11 is 1.52. The third kappa shape index (κ3) is 5.15. The van der Waals surface area contributed by atoms with Crippen molar-refractivity contribution in [1.82, 2.24) is 9.88 Å². The van der Waals surface area contributed by atoms with Gasteiger partial charge in [0.2, 0.25) is 0 Å². The number of benzene rings is 2.